The number of hydrogen-bond acceptors (Lipinski definition) is 3. The molecule has 1 heterocycles. The Morgan fingerprint density at radius 2 is 2.14 bits per heavy atom. The highest BCUT2D eigenvalue weighted by molar-refractivity contribution is 5.91. The maximum absolute atomic E-state index is 11.6. The summed E-state index contributed by atoms with van der Waals surface area (Å²) < 4.78 is 0. The summed E-state index contributed by atoms with van der Waals surface area (Å²) in [5.41, 5.74) is 5.60. The van der Waals surface area contributed by atoms with Crippen molar-refractivity contribution in [3.63, 3.8) is 0 Å². The van der Waals surface area contributed by atoms with Crippen molar-refractivity contribution >= 4 is 11.7 Å². The number of amides is 1. The molecule has 0 bridgehead atoms. The zero-order chi connectivity index (χ0) is 10.9. The number of likely N-dealkylation sites (tertiary alicyclic amines) is 1. The zero-order valence-corrected chi connectivity index (χ0v) is 8.99. The molecule has 0 saturated carbocycles. The number of carbonyl (C=O) groups is 2. The van der Waals surface area contributed by atoms with E-state index in [0.29, 0.717) is 13.0 Å². The highest BCUT2D eigenvalue weighted by Gasteiger charge is 2.36. The molecule has 80 valence electrons. The van der Waals surface area contributed by atoms with E-state index in [2.05, 4.69) is 0 Å². The van der Waals surface area contributed by atoms with Crippen LogP contribution in [0.5, 0.6) is 0 Å². The van der Waals surface area contributed by atoms with Crippen LogP contribution in [0.3, 0.4) is 0 Å². The molecule has 0 aromatic heterocycles. The lowest BCUT2D eigenvalue weighted by Gasteiger charge is -2.28. The van der Waals surface area contributed by atoms with E-state index >= 15 is 0 Å². The van der Waals surface area contributed by atoms with Crippen LogP contribution in [0.4, 0.5) is 0 Å². The van der Waals surface area contributed by atoms with E-state index in [1.807, 2.05) is 13.8 Å². The Kier molecular flexibility index (Phi) is 3.26. The third-order valence-electron chi connectivity index (χ3n) is 2.67. The fourth-order valence-electron chi connectivity index (χ4n) is 2.05. The second-order valence-corrected chi connectivity index (χ2v) is 4.23. The van der Waals surface area contributed by atoms with Gasteiger partial charge in [-0.15, -0.1) is 0 Å². The van der Waals surface area contributed by atoms with Gasteiger partial charge in [-0.25, -0.2) is 0 Å². The standard InChI is InChI=1S/C10H18N2O2/c1-6(2)9(7(3)13)12-5-4-8(11)10(12)14/h6,8-9H,4-5,11H2,1-3H3/t8-,9+/m1/s1. The van der Waals surface area contributed by atoms with E-state index in [4.69, 9.17) is 5.73 Å². The molecule has 2 atom stereocenters. The van der Waals surface area contributed by atoms with Gasteiger partial charge in [0.15, 0.2) is 5.78 Å². The van der Waals surface area contributed by atoms with E-state index < -0.39 is 6.04 Å². The topological polar surface area (TPSA) is 63.4 Å². The summed E-state index contributed by atoms with van der Waals surface area (Å²) in [6, 6.07) is -0.702. The van der Waals surface area contributed by atoms with Gasteiger partial charge in [0.05, 0.1) is 12.1 Å². The lowest BCUT2D eigenvalue weighted by atomic mass is 9.99. The second kappa shape index (κ2) is 4.09. The number of Topliss-reactive ketones (excluding diaryl/α,β-unsaturated/α-hetero) is 1. The number of carbonyl (C=O) groups excluding carboxylic acids is 2. The first kappa shape index (κ1) is 11.2. The number of rotatable bonds is 3. The molecule has 1 fully saturated rings. The van der Waals surface area contributed by atoms with Crippen LogP contribution in [-0.2, 0) is 9.59 Å². The largest absolute Gasteiger partial charge is 0.331 e. The van der Waals surface area contributed by atoms with Crippen LogP contribution in [0.1, 0.15) is 27.2 Å². The maximum atomic E-state index is 11.6. The average molecular weight is 198 g/mol. The number of ketones is 1. The predicted molar refractivity (Wildman–Crippen MR) is 53.6 cm³/mol. The first-order valence-corrected chi connectivity index (χ1v) is 5.01. The first-order chi connectivity index (χ1) is 6.45. The summed E-state index contributed by atoms with van der Waals surface area (Å²) >= 11 is 0. The quantitative estimate of drug-likeness (QED) is 0.702. The predicted octanol–water partition coefficient (Wildman–Crippen LogP) is 0.160. The number of nitrogens with zero attached hydrogens (tertiary/aromatic N) is 1. The van der Waals surface area contributed by atoms with Gasteiger partial charge in [-0.3, -0.25) is 9.59 Å². The van der Waals surface area contributed by atoms with Crippen molar-refractivity contribution in [1.29, 1.82) is 0 Å². The van der Waals surface area contributed by atoms with Gasteiger partial charge in [-0.2, -0.15) is 0 Å². The van der Waals surface area contributed by atoms with Crippen LogP contribution in [0, 0.1) is 5.92 Å². The highest BCUT2D eigenvalue weighted by Crippen LogP contribution is 2.19. The Morgan fingerprint density at radius 1 is 1.57 bits per heavy atom. The van der Waals surface area contributed by atoms with Crippen LogP contribution in [0.15, 0.2) is 0 Å². The fourth-order valence-corrected chi connectivity index (χ4v) is 2.05. The Bertz CT molecular complexity index is 251. The summed E-state index contributed by atoms with van der Waals surface area (Å²) in [5, 5.41) is 0. The summed E-state index contributed by atoms with van der Waals surface area (Å²) in [7, 11) is 0. The van der Waals surface area contributed by atoms with Gasteiger partial charge in [0.2, 0.25) is 5.91 Å². The second-order valence-electron chi connectivity index (χ2n) is 4.23. The molecule has 1 aliphatic rings. The molecule has 1 rings (SSSR count). The van der Waals surface area contributed by atoms with E-state index in [9.17, 15) is 9.59 Å². The van der Waals surface area contributed by atoms with Crippen LogP contribution >= 0.6 is 0 Å². The number of hydrogen-bond donors (Lipinski definition) is 1. The van der Waals surface area contributed by atoms with Crippen LogP contribution < -0.4 is 5.73 Å². The van der Waals surface area contributed by atoms with E-state index in [1.165, 1.54) is 6.92 Å². The smallest absolute Gasteiger partial charge is 0.240 e. The molecular formula is C10H18N2O2. The van der Waals surface area contributed by atoms with Crippen molar-refractivity contribution < 1.29 is 9.59 Å². The summed E-state index contributed by atoms with van der Waals surface area (Å²) in [6.07, 6.45) is 0.662. The molecule has 1 aliphatic heterocycles. The molecule has 1 saturated heterocycles. The highest BCUT2D eigenvalue weighted by atomic mass is 16.2. The lowest BCUT2D eigenvalue weighted by molar-refractivity contribution is -0.137. The van der Waals surface area contributed by atoms with Crippen LogP contribution in [-0.4, -0.2) is 35.2 Å². The Hall–Kier alpha value is -0.900. The molecule has 0 spiro atoms. The Balaban J connectivity index is 2.80. The van der Waals surface area contributed by atoms with Gasteiger partial charge < -0.3 is 10.6 Å². The maximum Gasteiger partial charge on any atom is 0.240 e. The third-order valence-corrected chi connectivity index (χ3v) is 2.67. The normalized spacial score (nSPS) is 24.5. The molecule has 1 amide bonds. The lowest BCUT2D eigenvalue weighted by Crippen LogP contribution is -2.47. The summed E-state index contributed by atoms with van der Waals surface area (Å²) in [5.74, 6) is 0.114. The van der Waals surface area contributed by atoms with E-state index in [0.717, 1.165) is 0 Å². The van der Waals surface area contributed by atoms with Gasteiger partial charge >= 0.3 is 0 Å². The molecule has 0 aliphatic carbocycles. The molecule has 0 radical (unpaired) electrons. The monoisotopic (exact) mass is 198 g/mol. The molecule has 14 heavy (non-hydrogen) atoms. The average Bonchev–Trinajstić information content (AvgIpc) is 2.35. The third kappa shape index (κ3) is 1.95. The SMILES string of the molecule is CC(=O)[C@H](C(C)C)N1CC[C@@H](N)C1=O. The van der Waals surface area contributed by atoms with Crippen molar-refractivity contribution in [2.45, 2.75) is 39.3 Å². The van der Waals surface area contributed by atoms with Crippen molar-refractivity contribution in [3.8, 4) is 0 Å². The minimum absolute atomic E-state index is 0.0439. The van der Waals surface area contributed by atoms with E-state index in [-0.39, 0.29) is 23.7 Å². The van der Waals surface area contributed by atoms with Crippen LogP contribution in [0.2, 0.25) is 0 Å². The first-order valence-electron chi connectivity index (χ1n) is 5.01. The molecule has 4 nitrogen and oxygen atoms in total. The molecule has 0 aromatic rings. The molecule has 4 heteroatoms. The minimum Gasteiger partial charge on any atom is -0.331 e. The summed E-state index contributed by atoms with van der Waals surface area (Å²) in [4.78, 5) is 24.6. The van der Waals surface area contributed by atoms with E-state index in [1.54, 1.807) is 4.90 Å². The Morgan fingerprint density at radius 3 is 2.43 bits per heavy atom. The molecule has 0 unspecified atom stereocenters. The van der Waals surface area contributed by atoms with Gasteiger partial charge in [0.25, 0.3) is 0 Å². The van der Waals surface area contributed by atoms with Crippen LogP contribution in [0.25, 0.3) is 0 Å². The van der Waals surface area contributed by atoms with Gasteiger partial charge in [-0.05, 0) is 19.3 Å². The van der Waals surface area contributed by atoms with Crippen molar-refractivity contribution in [2.24, 2.45) is 11.7 Å². The Labute approximate surface area is 84.4 Å². The minimum atomic E-state index is -0.407. The molecule has 0 aromatic carbocycles. The molecular weight excluding hydrogens is 180 g/mol. The van der Waals surface area contributed by atoms with Gasteiger partial charge in [0, 0.05) is 6.54 Å². The fraction of sp³-hybridized carbons (Fsp3) is 0.800. The molecule has 2 N–H and O–H groups in total. The van der Waals surface area contributed by atoms with Gasteiger partial charge in [-0.1, -0.05) is 13.8 Å². The number of nitrogens with two attached hydrogens (primary N) is 1. The zero-order valence-electron chi connectivity index (χ0n) is 8.99. The summed E-state index contributed by atoms with van der Waals surface area (Å²) in [6.45, 7) is 6.04. The van der Waals surface area contributed by atoms with Gasteiger partial charge in [0.1, 0.15) is 0 Å². The van der Waals surface area contributed by atoms with Crippen molar-refractivity contribution in [2.75, 3.05) is 6.54 Å². The van der Waals surface area contributed by atoms with Crippen molar-refractivity contribution in [1.82, 2.24) is 4.90 Å². The van der Waals surface area contributed by atoms with Crippen molar-refractivity contribution in [3.05, 3.63) is 0 Å².